The van der Waals surface area contributed by atoms with Crippen molar-refractivity contribution in [1.82, 2.24) is 9.97 Å². The Bertz CT molecular complexity index is 632. The van der Waals surface area contributed by atoms with Gasteiger partial charge in [0.1, 0.15) is 5.60 Å². The van der Waals surface area contributed by atoms with E-state index in [4.69, 9.17) is 9.47 Å². The first-order chi connectivity index (χ1) is 9.84. The second-order valence-corrected chi connectivity index (χ2v) is 5.88. The van der Waals surface area contributed by atoms with E-state index in [0.717, 1.165) is 23.5 Å². The van der Waals surface area contributed by atoms with Crippen LogP contribution in [0.4, 0.5) is 0 Å². The highest BCUT2D eigenvalue weighted by atomic mass is 16.6. The smallest absolute Gasteiger partial charge is 0.359 e. The van der Waals surface area contributed by atoms with Gasteiger partial charge in [0.25, 0.3) is 0 Å². The van der Waals surface area contributed by atoms with E-state index in [9.17, 15) is 4.79 Å². The van der Waals surface area contributed by atoms with Crippen LogP contribution in [0, 0.1) is 0 Å². The lowest BCUT2D eigenvalue weighted by molar-refractivity contribution is 0.00606. The van der Waals surface area contributed by atoms with E-state index in [1.54, 1.807) is 6.07 Å². The zero-order valence-corrected chi connectivity index (χ0v) is 13.2. The number of carbonyl (C=O) groups excluding carboxylic acids is 1. The molecule has 2 aromatic rings. The Hall–Kier alpha value is -2.17. The molecule has 0 radical (unpaired) electrons. The van der Waals surface area contributed by atoms with Crippen LogP contribution in [0.2, 0.25) is 0 Å². The SMILES string of the molecule is CCc1ccc(-c2cc(OC)c(C(=O)OC(C)(C)C)[nH]2)[nH]1. The van der Waals surface area contributed by atoms with E-state index in [1.807, 2.05) is 32.9 Å². The fourth-order valence-corrected chi connectivity index (χ4v) is 2.03. The standard InChI is InChI=1S/C16H22N2O3/c1-6-10-7-8-11(17-10)12-9-13(20-5)14(18-12)15(19)21-16(2,3)4/h7-9,17-18H,6H2,1-5H3. The predicted molar refractivity (Wildman–Crippen MR) is 81.7 cm³/mol. The number of aromatic nitrogens is 2. The molecule has 0 amide bonds. The number of H-pyrrole nitrogens is 2. The quantitative estimate of drug-likeness (QED) is 0.846. The largest absolute Gasteiger partial charge is 0.494 e. The summed E-state index contributed by atoms with van der Waals surface area (Å²) in [5.74, 6) is 0.0553. The maximum Gasteiger partial charge on any atom is 0.359 e. The molecule has 2 heterocycles. The van der Waals surface area contributed by atoms with Crippen LogP contribution in [0.5, 0.6) is 5.75 Å². The molecule has 0 fully saturated rings. The fourth-order valence-electron chi connectivity index (χ4n) is 2.03. The van der Waals surface area contributed by atoms with Crippen LogP contribution in [0.15, 0.2) is 18.2 Å². The van der Waals surface area contributed by atoms with Gasteiger partial charge in [-0.3, -0.25) is 0 Å². The number of aryl methyl sites for hydroxylation is 1. The number of carbonyl (C=O) groups is 1. The lowest BCUT2D eigenvalue weighted by Gasteiger charge is -2.19. The monoisotopic (exact) mass is 290 g/mol. The van der Waals surface area contributed by atoms with Crippen LogP contribution in [0.25, 0.3) is 11.4 Å². The molecule has 2 aromatic heterocycles. The zero-order valence-electron chi connectivity index (χ0n) is 13.2. The summed E-state index contributed by atoms with van der Waals surface area (Å²) in [4.78, 5) is 18.6. The second kappa shape index (κ2) is 5.68. The normalized spacial score (nSPS) is 11.5. The maximum atomic E-state index is 12.2. The van der Waals surface area contributed by atoms with Crippen molar-refractivity contribution >= 4 is 5.97 Å². The molecule has 5 heteroatoms. The Morgan fingerprint density at radius 1 is 1.19 bits per heavy atom. The molecule has 2 rings (SSSR count). The zero-order chi connectivity index (χ0) is 15.6. The first-order valence-corrected chi connectivity index (χ1v) is 7.02. The van der Waals surface area contributed by atoms with Gasteiger partial charge in [-0.2, -0.15) is 0 Å². The average molecular weight is 290 g/mol. The van der Waals surface area contributed by atoms with Crippen LogP contribution in [-0.2, 0) is 11.2 Å². The molecular formula is C16H22N2O3. The molecular weight excluding hydrogens is 268 g/mol. The minimum atomic E-state index is -0.546. The van der Waals surface area contributed by atoms with E-state index in [0.29, 0.717) is 11.4 Å². The molecule has 2 N–H and O–H groups in total. The highest BCUT2D eigenvalue weighted by molar-refractivity contribution is 5.92. The van der Waals surface area contributed by atoms with Crippen molar-refractivity contribution < 1.29 is 14.3 Å². The van der Waals surface area contributed by atoms with Crippen LogP contribution in [-0.4, -0.2) is 28.6 Å². The van der Waals surface area contributed by atoms with Crippen molar-refractivity contribution in [1.29, 1.82) is 0 Å². The first kappa shape index (κ1) is 15.2. The second-order valence-electron chi connectivity index (χ2n) is 5.88. The summed E-state index contributed by atoms with van der Waals surface area (Å²) in [5.41, 5.74) is 2.63. The molecule has 0 spiro atoms. The average Bonchev–Trinajstić information content (AvgIpc) is 3.02. The molecule has 0 aliphatic heterocycles. The molecule has 5 nitrogen and oxygen atoms in total. The summed E-state index contributed by atoms with van der Waals surface area (Å²) >= 11 is 0. The fraction of sp³-hybridized carbons (Fsp3) is 0.438. The summed E-state index contributed by atoms with van der Waals surface area (Å²) in [6, 6.07) is 5.79. The van der Waals surface area contributed by atoms with Gasteiger partial charge in [-0.25, -0.2) is 4.79 Å². The summed E-state index contributed by atoms with van der Waals surface area (Å²) in [6.07, 6.45) is 0.927. The van der Waals surface area contributed by atoms with Crippen molar-refractivity contribution in [3.05, 3.63) is 29.6 Å². The van der Waals surface area contributed by atoms with Crippen LogP contribution in [0.3, 0.4) is 0 Å². The molecule has 21 heavy (non-hydrogen) atoms. The number of rotatable bonds is 4. The minimum Gasteiger partial charge on any atom is -0.494 e. The van der Waals surface area contributed by atoms with Gasteiger partial charge in [-0.1, -0.05) is 6.92 Å². The molecule has 0 saturated heterocycles. The van der Waals surface area contributed by atoms with Gasteiger partial charge in [-0.15, -0.1) is 0 Å². The molecule has 0 aliphatic carbocycles. The van der Waals surface area contributed by atoms with E-state index >= 15 is 0 Å². The van der Waals surface area contributed by atoms with E-state index < -0.39 is 11.6 Å². The maximum absolute atomic E-state index is 12.2. The number of methoxy groups -OCH3 is 1. The number of ether oxygens (including phenoxy) is 2. The molecule has 0 aromatic carbocycles. The summed E-state index contributed by atoms with van der Waals surface area (Å²) < 4.78 is 10.7. The lowest BCUT2D eigenvalue weighted by Crippen LogP contribution is -2.24. The third-order valence-corrected chi connectivity index (χ3v) is 3.02. The van der Waals surface area contributed by atoms with Gasteiger partial charge in [0.05, 0.1) is 18.5 Å². The predicted octanol–water partition coefficient (Wildman–Crippen LogP) is 3.54. The molecule has 0 unspecified atom stereocenters. The topological polar surface area (TPSA) is 67.1 Å². The molecule has 0 bridgehead atoms. The Balaban J connectivity index is 2.33. The third-order valence-electron chi connectivity index (χ3n) is 3.02. The van der Waals surface area contributed by atoms with Gasteiger partial charge >= 0.3 is 5.97 Å². The highest BCUT2D eigenvalue weighted by Gasteiger charge is 2.23. The number of hydrogen-bond acceptors (Lipinski definition) is 3. The van der Waals surface area contributed by atoms with Crippen LogP contribution < -0.4 is 4.74 Å². The van der Waals surface area contributed by atoms with Crippen molar-refractivity contribution in [2.24, 2.45) is 0 Å². The van der Waals surface area contributed by atoms with Gasteiger partial charge in [0.2, 0.25) is 0 Å². The van der Waals surface area contributed by atoms with E-state index in [-0.39, 0.29) is 0 Å². The van der Waals surface area contributed by atoms with Crippen molar-refractivity contribution in [2.45, 2.75) is 39.7 Å². The Labute approximate surface area is 124 Å². The molecule has 0 aliphatic rings. The summed E-state index contributed by atoms with van der Waals surface area (Å²) in [7, 11) is 1.53. The summed E-state index contributed by atoms with van der Waals surface area (Å²) in [6.45, 7) is 7.58. The number of hydrogen-bond donors (Lipinski definition) is 2. The Morgan fingerprint density at radius 2 is 1.90 bits per heavy atom. The van der Waals surface area contributed by atoms with Gasteiger partial charge < -0.3 is 19.4 Å². The van der Waals surface area contributed by atoms with E-state index in [2.05, 4.69) is 16.9 Å². The Morgan fingerprint density at radius 3 is 2.43 bits per heavy atom. The minimum absolute atomic E-state index is 0.329. The van der Waals surface area contributed by atoms with Crippen LogP contribution >= 0.6 is 0 Å². The van der Waals surface area contributed by atoms with Gasteiger partial charge in [0, 0.05) is 11.8 Å². The summed E-state index contributed by atoms with van der Waals surface area (Å²) in [5, 5.41) is 0. The number of esters is 1. The molecule has 0 saturated carbocycles. The van der Waals surface area contributed by atoms with Gasteiger partial charge in [-0.05, 0) is 39.3 Å². The highest BCUT2D eigenvalue weighted by Crippen LogP contribution is 2.28. The van der Waals surface area contributed by atoms with Crippen molar-refractivity contribution in [2.75, 3.05) is 7.11 Å². The van der Waals surface area contributed by atoms with Crippen molar-refractivity contribution in [3.8, 4) is 17.1 Å². The van der Waals surface area contributed by atoms with E-state index in [1.165, 1.54) is 7.11 Å². The number of nitrogens with one attached hydrogen (secondary N) is 2. The molecule has 114 valence electrons. The van der Waals surface area contributed by atoms with Crippen LogP contribution in [0.1, 0.15) is 43.9 Å². The third kappa shape index (κ3) is 3.48. The lowest BCUT2D eigenvalue weighted by atomic mass is 10.2. The Kier molecular flexibility index (Phi) is 4.11. The van der Waals surface area contributed by atoms with Gasteiger partial charge in [0.15, 0.2) is 11.4 Å². The number of aromatic amines is 2. The first-order valence-electron chi connectivity index (χ1n) is 7.02. The molecule has 0 atom stereocenters. The van der Waals surface area contributed by atoms with Crippen molar-refractivity contribution in [3.63, 3.8) is 0 Å².